The predicted octanol–water partition coefficient (Wildman–Crippen LogP) is 4.46. The van der Waals surface area contributed by atoms with Crippen molar-refractivity contribution in [1.29, 1.82) is 5.26 Å². The molecule has 0 radical (unpaired) electrons. The summed E-state index contributed by atoms with van der Waals surface area (Å²) in [7, 11) is 0. The summed E-state index contributed by atoms with van der Waals surface area (Å²) in [5, 5.41) is 11.7. The van der Waals surface area contributed by atoms with Crippen LogP contribution in [0.15, 0.2) is 54.9 Å². The van der Waals surface area contributed by atoms with Crippen LogP contribution in [0.5, 0.6) is 0 Å². The SMILES string of the molecule is N#Cc1ccnc(N2C(=O)CCC2C(=O)N(c2cc(F)cc(F)c2)[C@H](C(=O)NC2CC(F)(F)C2)c2ncccc2Cl)c1. The van der Waals surface area contributed by atoms with Crippen molar-refractivity contribution in [2.75, 3.05) is 9.80 Å². The maximum Gasteiger partial charge on any atom is 0.252 e. The number of carbonyl (C=O) groups excluding carboxylic acids is 3. The molecule has 1 aliphatic carbocycles. The van der Waals surface area contributed by atoms with Gasteiger partial charge in [0, 0.05) is 43.8 Å². The van der Waals surface area contributed by atoms with E-state index in [1.54, 1.807) is 0 Å². The third-order valence-electron chi connectivity index (χ3n) is 6.97. The van der Waals surface area contributed by atoms with Crippen molar-refractivity contribution in [3.8, 4) is 6.07 Å². The van der Waals surface area contributed by atoms with Crippen LogP contribution >= 0.6 is 11.6 Å². The zero-order valence-corrected chi connectivity index (χ0v) is 22.4. The van der Waals surface area contributed by atoms with Gasteiger partial charge in [0.1, 0.15) is 23.5 Å². The van der Waals surface area contributed by atoms with Crippen molar-refractivity contribution in [2.24, 2.45) is 0 Å². The van der Waals surface area contributed by atoms with Gasteiger partial charge in [-0.15, -0.1) is 0 Å². The number of amides is 3. The topological polar surface area (TPSA) is 119 Å². The summed E-state index contributed by atoms with van der Waals surface area (Å²) in [4.78, 5) is 51.2. The molecule has 2 fully saturated rings. The number of anilines is 2. The van der Waals surface area contributed by atoms with E-state index < -0.39 is 71.9 Å². The third kappa shape index (κ3) is 5.75. The molecule has 1 unspecified atom stereocenters. The maximum atomic E-state index is 14.5. The number of benzene rings is 1. The Bertz CT molecular complexity index is 1590. The van der Waals surface area contributed by atoms with Gasteiger partial charge in [-0.25, -0.2) is 22.5 Å². The van der Waals surface area contributed by atoms with Crippen LogP contribution in [0.3, 0.4) is 0 Å². The van der Waals surface area contributed by atoms with E-state index in [0.717, 1.165) is 21.9 Å². The molecule has 9 nitrogen and oxygen atoms in total. The van der Waals surface area contributed by atoms with E-state index in [9.17, 15) is 37.2 Å². The number of aromatic nitrogens is 2. The highest BCUT2D eigenvalue weighted by molar-refractivity contribution is 6.31. The van der Waals surface area contributed by atoms with Crippen LogP contribution in [0.2, 0.25) is 5.02 Å². The maximum absolute atomic E-state index is 14.5. The van der Waals surface area contributed by atoms with Crippen LogP contribution in [0, 0.1) is 23.0 Å². The fraction of sp³-hybridized carbons (Fsp3) is 0.286. The highest BCUT2D eigenvalue weighted by atomic mass is 35.5. The largest absolute Gasteiger partial charge is 0.351 e. The van der Waals surface area contributed by atoms with Crippen LogP contribution in [0.1, 0.15) is 43.0 Å². The van der Waals surface area contributed by atoms with E-state index in [2.05, 4.69) is 15.3 Å². The van der Waals surface area contributed by atoms with Gasteiger partial charge in [-0.1, -0.05) is 11.6 Å². The van der Waals surface area contributed by atoms with Gasteiger partial charge in [-0.05, 0) is 42.8 Å². The second-order valence-corrected chi connectivity index (χ2v) is 10.3. The Morgan fingerprint density at radius 1 is 1.12 bits per heavy atom. The number of hydrogen-bond acceptors (Lipinski definition) is 6. The highest BCUT2D eigenvalue weighted by Crippen LogP contribution is 2.39. The first kappa shape index (κ1) is 28.9. The van der Waals surface area contributed by atoms with Gasteiger partial charge in [-0.2, -0.15) is 5.26 Å². The number of pyridine rings is 2. The van der Waals surface area contributed by atoms with Crippen molar-refractivity contribution in [2.45, 2.75) is 49.7 Å². The Balaban J connectivity index is 1.63. The molecule has 5 rings (SSSR count). The lowest BCUT2D eigenvalue weighted by atomic mass is 9.88. The first-order valence-electron chi connectivity index (χ1n) is 12.7. The standard InChI is InChI=1S/C28H21ClF4N6O3/c29-20-2-1-6-36-24(20)25(26(41)37-18-12-28(32,33)13-18)38(19-10-16(30)9-17(31)11-19)27(42)21-3-4-23(40)39(21)22-8-15(14-34)5-7-35-22/h1-2,5-11,18,21,25H,3-4,12-13H2,(H,37,41)/t21?,25-/m0/s1. The van der Waals surface area contributed by atoms with Crippen LogP contribution in [-0.2, 0) is 14.4 Å². The van der Waals surface area contributed by atoms with Gasteiger partial charge in [0.2, 0.25) is 11.8 Å². The van der Waals surface area contributed by atoms with Crippen LogP contribution in [0.25, 0.3) is 0 Å². The number of rotatable bonds is 7. The van der Waals surface area contributed by atoms with Crippen molar-refractivity contribution in [3.05, 3.63) is 82.8 Å². The molecule has 1 aromatic carbocycles. The molecule has 14 heteroatoms. The molecule has 0 spiro atoms. The summed E-state index contributed by atoms with van der Waals surface area (Å²) in [6, 6.07) is 5.58. The Kier molecular flexibility index (Phi) is 7.83. The molecule has 2 atom stereocenters. The van der Waals surface area contributed by atoms with Crippen molar-refractivity contribution < 1.29 is 31.9 Å². The number of halogens is 5. The van der Waals surface area contributed by atoms with E-state index in [1.165, 1.54) is 36.7 Å². The smallest absolute Gasteiger partial charge is 0.252 e. The monoisotopic (exact) mass is 600 g/mol. The zero-order chi connectivity index (χ0) is 30.2. The van der Waals surface area contributed by atoms with Gasteiger partial charge in [-0.3, -0.25) is 29.2 Å². The second kappa shape index (κ2) is 11.4. The first-order chi connectivity index (χ1) is 20.0. The number of nitriles is 1. The Morgan fingerprint density at radius 3 is 2.48 bits per heavy atom. The quantitative estimate of drug-likeness (QED) is 0.400. The molecular weight excluding hydrogens is 580 g/mol. The van der Waals surface area contributed by atoms with E-state index in [-0.39, 0.29) is 34.9 Å². The number of hydrogen-bond donors (Lipinski definition) is 1. The van der Waals surface area contributed by atoms with Gasteiger partial charge < -0.3 is 5.32 Å². The molecule has 216 valence electrons. The fourth-order valence-corrected chi connectivity index (χ4v) is 5.30. The summed E-state index contributed by atoms with van der Waals surface area (Å²) >= 11 is 6.38. The minimum Gasteiger partial charge on any atom is -0.351 e. The molecule has 3 aromatic rings. The highest BCUT2D eigenvalue weighted by Gasteiger charge is 2.49. The Morgan fingerprint density at radius 2 is 1.83 bits per heavy atom. The minimum absolute atomic E-state index is 0.0196. The fourth-order valence-electron chi connectivity index (χ4n) is 5.07. The van der Waals surface area contributed by atoms with Crippen molar-refractivity contribution in [3.63, 3.8) is 0 Å². The van der Waals surface area contributed by atoms with E-state index in [0.29, 0.717) is 6.07 Å². The second-order valence-electron chi connectivity index (χ2n) is 9.91. The lowest BCUT2D eigenvalue weighted by molar-refractivity contribution is -0.133. The summed E-state index contributed by atoms with van der Waals surface area (Å²) in [5.74, 6) is -7.59. The molecule has 1 saturated heterocycles. The Hall–Kier alpha value is -4.57. The van der Waals surface area contributed by atoms with Crippen molar-refractivity contribution in [1.82, 2.24) is 15.3 Å². The van der Waals surface area contributed by atoms with Crippen LogP contribution in [0.4, 0.5) is 29.1 Å². The molecule has 1 aliphatic heterocycles. The summed E-state index contributed by atoms with van der Waals surface area (Å²) < 4.78 is 56.2. The number of nitrogens with zero attached hydrogens (tertiary/aromatic N) is 5. The summed E-state index contributed by atoms with van der Waals surface area (Å²) in [5.41, 5.74) is -0.442. The van der Waals surface area contributed by atoms with Gasteiger partial charge >= 0.3 is 0 Å². The van der Waals surface area contributed by atoms with Gasteiger partial charge in [0.25, 0.3) is 11.8 Å². The molecule has 1 saturated carbocycles. The lowest BCUT2D eigenvalue weighted by Gasteiger charge is -2.39. The van der Waals surface area contributed by atoms with Crippen LogP contribution in [-0.4, -0.2) is 45.7 Å². The summed E-state index contributed by atoms with van der Waals surface area (Å²) in [6.07, 6.45) is 1.09. The molecule has 42 heavy (non-hydrogen) atoms. The average Bonchev–Trinajstić information content (AvgIpc) is 3.31. The Labute approximate surface area is 241 Å². The third-order valence-corrected chi connectivity index (χ3v) is 7.29. The number of alkyl halides is 2. The molecule has 2 aliphatic rings. The summed E-state index contributed by atoms with van der Waals surface area (Å²) in [6.45, 7) is 0. The molecule has 3 heterocycles. The van der Waals surface area contributed by atoms with Crippen LogP contribution < -0.4 is 15.1 Å². The zero-order valence-electron chi connectivity index (χ0n) is 21.6. The average molecular weight is 601 g/mol. The van der Waals surface area contributed by atoms with E-state index in [1.807, 2.05) is 6.07 Å². The number of nitrogens with one attached hydrogen (secondary N) is 1. The van der Waals surface area contributed by atoms with Crippen molar-refractivity contribution >= 4 is 40.8 Å². The van der Waals surface area contributed by atoms with Gasteiger partial charge in [0.15, 0.2) is 6.04 Å². The molecule has 1 N–H and O–H groups in total. The normalized spacial score (nSPS) is 18.6. The number of carbonyl (C=O) groups is 3. The first-order valence-corrected chi connectivity index (χ1v) is 13.1. The predicted molar refractivity (Wildman–Crippen MR) is 141 cm³/mol. The molecular formula is C28H21ClF4N6O3. The van der Waals surface area contributed by atoms with Gasteiger partial charge in [0.05, 0.1) is 28.0 Å². The minimum atomic E-state index is -2.98. The molecule has 3 amide bonds. The molecule has 2 aromatic heterocycles. The van der Waals surface area contributed by atoms with E-state index >= 15 is 0 Å². The van der Waals surface area contributed by atoms with E-state index in [4.69, 9.17) is 11.6 Å². The molecule has 0 bridgehead atoms. The lowest BCUT2D eigenvalue weighted by Crippen LogP contribution is -2.56.